The van der Waals surface area contributed by atoms with E-state index in [-0.39, 0.29) is 29.4 Å². The molecular formula is C28H28F4O2. The van der Waals surface area contributed by atoms with Crippen molar-refractivity contribution in [1.82, 2.24) is 0 Å². The third-order valence-electron chi connectivity index (χ3n) is 6.59. The molecule has 0 radical (unpaired) electrons. The molecule has 180 valence electrons. The Balaban J connectivity index is 1.32. The lowest BCUT2D eigenvalue weighted by Crippen LogP contribution is -2.20. The molecular weight excluding hydrogens is 444 g/mol. The van der Waals surface area contributed by atoms with Gasteiger partial charge in [-0.3, -0.25) is 0 Å². The number of aryl methyl sites for hydroxylation is 1. The van der Waals surface area contributed by atoms with Crippen molar-refractivity contribution in [3.63, 3.8) is 0 Å². The zero-order valence-corrected chi connectivity index (χ0v) is 19.3. The monoisotopic (exact) mass is 472 g/mol. The molecule has 0 saturated heterocycles. The SMILES string of the molecule is CCOc1ccc(C2CCC(COc3ccc(-c4ccc(C)c(F)c4F)cc3)CC2)c(F)c1F. The maximum Gasteiger partial charge on any atom is 0.200 e. The Morgan fingerprint density at radius 2 is 1.44 bits per heavy atom. The lowest BCUT2D eigenvalue weighted by molar-refractivity contribution is 0.198. The van der Waals surface area contributed by atoms with E-state index in [9.17, 15) is 17.6 Å². The summed E-state index contributed by atoms with van der Waals surface area (Å²) in [5.41, 5.74) is 1.47. The highest BCUT2D eigenvalue weighted by atomic mass is 19.2. The van der Waals surface area contributed by atoms with Crippen LogP contribution in [0.3, 0.4) is 0 Å². The van der Waals surface area contributed by atoms with E-state index in [1.54, 1.807) is 49.4 Å². The lowest BCUT2D eigenvalue weighted by Gasteiger charge is -2.29. The highest BCUT2D eigenvalue weighted by Crippen LogP contribution is 2.39. The summed E-state index contributed by atoms with van der Waals surface area (Å²) >= 11 is 0. The molecule has 6 heteroatoms. The van der Waals surface area contributed by atoms with Gasteiger partial charge in [0.25, 0.3) is 0 Å². The Hall–Kier alpha value is -3.02. The van der Waals surface area contributed by atoms with E-state index in [0.717, 1.165) is 25.7 Å². The molecule has 0 atom stereocenters. The zero-order valence-electron chi connectivity index (χ0n) is 19.3. The first-order valence-electron chi connectivity index (χ1n) is 11.7. The number of halogens is 4. The molecule has 1 fully saturated rings. The summed E-state index contributed by atoms with van der Waals surface area (Å²) < 4.78 is 67.9. The molecule has 4 rings (SSSR count). The van der Waals surface area contributed by atoms with Crippen LogP contribution in [0.25, 0.3) is 11.1 Å². The molecule has 0 N–H and O–H groups in total. The number of ether oxygens (including phenoxy) is 2. The summed E-state index contributed by atoms with van der Waals surface area (Å²) in [4.78, 5) is 0. The highest BCUT2D eigenvalue weighted by Gasteiger charge is 2.27. The highest BCUT2D eigenvalue weighted by molar-refractivity contribution is 5.65. The summed E-state index contributed by atoms with van der Waals surface area (Å²) in [5, 5.41) is 0. The Morgan fingerprint density at radius 1 is 0.735 bits per heavy atom. The molecule has 0 heterocycles. The molecule has 0 bridgehead atoms. The van der Waals surface area contributed by atoms with Gasteiger partial charge >= 0.3 is 0 Å². The minimum atomic E-state index is -0.915. The molecule has 0 aliphatic heterocycles. The fourth-order valence-electron chi connectivity index (χ4n) is 4.58. The maximum atomic E-state index is 14.5. The first kappa shape index (κ1) is 24.1. The second-order valence-electron chi connectivity index (χ2n) is 8.82. The summed E-state index contributed by atoms with van der Waals surface area (Å²) in [5.74, 6) is -2.51. The van der Waals surface area contributed by atoms with Gasteiger partial charge in [-0.15, -0.1) is 0 Å². The second-order valence-corrected chi connectivity index (χ2v) is 8.82. The molecule has 3 aromatic rings. The van der Waals surface area contributed by atoms with Crippen LogP contribution in [-0.2, 0) is 0 Å². The van der Waals surface area contributed by atoms with E-state index in [1.807, 2.05) is 0 Å². The van der Waals surface area contributed by atoms with Crippen molar-refractivity contribution < 1.29 is 27.0 Å². The predicted octanol–water partition coefficient (Wildman–Crippen LogP) is 7.97. The summed E-state index contributed by atoms with van der Waals surface area (Å²) in [6.45, 7) is 4.05. The molecule has 0 aromatic heterocycles. The number of rotatable bonds is 7. The van der Waals surface area contributed by atoms with Crippen molar-refractivity contribution in [3.05, 3.63) is 82.9 Å². The Morgan fingerprint density at radius 3 is 2.12 bits per heavy atom. The van der Waals surface area contributed by atoms with Gasteiger partial charge in [-0.2, -0.15) is 4.39 Å². The average Bonchev–Trinajstić information content (AvgIpc) is 2.85. The normalized spacial score (nSPS) is 18.1. The molecule has 1 saturated carbocycles. The van der Waals surface area contributed by atoms with Crippen molar-refractivity contribution >= 4 is 0 Å². The van der Waals surface area contributed by atoms with E-state index in [1.165, 1.54) is 13.0 Å². The van der Waals surface area contributed by atoms with Crippen LogP contribution in [0.1, 0.15) is 49.7 Å². The van der Waals surface area contributed by atoms with Gasteiger partial charge in [-0.25, -0.2) is 13.2 Å². The lowest BCUT2D eigenvalue weighted by atomic mass is 9.79. The summed E-state index contributed by atoms with van der Waals surface area (Å²) in [7, 11) is 0. The van der Waals surface area contributed by atoms with Gasteiger partial charge in [0.15, 0.2) is 23.2 Å². The number of hydrogen-bond donors (Lipinski definition) is 0. The minimum absolute atomic E-state index is 0.0227. The smallest absolute Gasteiger partial charge is 0.200 e. The molecule has 1 aliphatic carbocycles. The Kier molecular flexibility index (Phi) is 7.44. The van der Waals surface area contributed by atoms with Crippen molar-refractivity contribution in [3.8, 4) is 22.6 Å². The van der Waals surface area contributed by atoms with Crippen LogP contribution < -0.4 is 9.47 Å². The van der Waals surface area contributed by atoms with Crippen LogP contribution in [0.5, 0.6) is 11.5 Å². The molecule has 2 nitrogen and oxygen atoms in total. The van der Waals surface area contributed by atoms with E-state index < -0.39 is 23.3 Å². The van der Waals surface area contributed by atoms with E-state index >= 15 is 0 Å². The maximum absolute atomic E-state index is 14.5. The first-order valence-corrected chi connectivity index (χ1v) is 11.7. The molecule has 0 spiro atoms. The molecule has 3 aromatic carbocycles. The molecule has 0 unspecified atom stereocenters. The van der Waals surface area contributed by atoms with Crippen LogP contribution in [0.4, 0.5) is 17.6 Å². The van der Waals surface area contributed by atoms with Gasteiger partial charge in [0, 0.05) is 5.56 Å². The van der Waals surface area contributed by atoms with Gasteiger partial charge < -0.3 is 9.47 Å². The van der Waals surface area contributed by atoms with Gasteiger partial charge in [0.05, 0.1) is 13.2 Å². The molecule has 1 aliphatic rings. The van der Waals surface area contributed by atoms with Crippen LogP contribution >= 0.6 is 0 Å². The second kappa shape index (κ2) is 10.5. The topological polar surface area (TPSA) is 18.5 Å². The third-order valence-corrected chi connectivity index (χ3v) is 6.59. The first-order chi connectivity index (χ1) is 16.4. The Bertz CT molecular complexity index is 1140. The average molecular weight is 473 g/mol. The van der Waals surface area contributed by atoms with Crippen molar-refractivity contribution in [2.45, 2.75) is 45.4 Å². The van der Waals surface area contributed by atoms with Gasteiger partial charge in [0.2, 0.25) is 5.82 Å². The van der Waals surface area contributed by atoms with Gasteiger partial charge in [-0.1, -0.05) is 30.3 Å². The van der Waals surface area contributed by atoms with Crippen molar-refractivity contribution in [2.75, 3.05) is 13.2 Å². The number of benzene rings is 3. The predicted molar refractivity (Wildman–Crippen MR) is 124 cm³/mol. The third kappa shape index (κ3) is 5.06. The zero-order chi connectivity index (χ0) is 24.2. The molecule has 0 amide bonds. The fourth-order valence-corrected chi connectivity index (χ4v) is 4.58. The van der Waals surface area contributed by atoms with E-state index in [2.05, 4.69) is 0 Å². The van der Waals surface area contributed by atoms with Gasteiger partial charge in [0.1, 0.15) is 5.75 Å². The largest absolute Gasteiger partial charge is 0.493 e. The van der Waals surface area contributed by atoms with E-state index in [0.29, 0.717) is 29.4 Å². The van der Waals surface area contributed by atoms with Crippen LogP contribution in [0, 0.1) is 36.1 Å². The van der Waals surface area contributed by atoms with Crippen LogP contribution in [0.15, 0.2) is 48.5 Å². The standard InChI is InChI=1S/C28H28F4O2/c1-3-33-24-15-14-23(27(31)28(24)32)19-7-5-18(6-8-19)16-34-21-11-9-20(10-12-21)22-13-4-17(2)25(29)26(22)30/h4,9-15,18-19H,3,5-8,16H2,1-2H3. The quantitative estimate of drug-likeness (QED) is 0.325. The summed E-state index contributed by atoms with van der Waals surface area (Å²) in [6, 6.07) is 13.2. The van der Waals surface area contributed by atoms with Crippen molar-refractivity contribution in [1.29, 1.82) is 0 Å². The van der Waals surface area contributed by atoms with Gasteiger partial charge in [-0.05, 0) is 86.3 Å². The Labute approximate surface area is 197 Å². The van der Waals surface area contributed by atoms with Crippen LogP contribution in [0.2, 0.25) is 0 Å². The van der Waals surface area contributed by atoms with E-state index in [4.69, 9.17) is 9.47 Å². The number of hydrogen-bond acceptors (Lipinski definition) is 2. The minimum Gasteiger partial charge on any atom is -0.493 e. The summed E-state index contributed by atoms with van der Waals surface area (Å²) in [6.07, 6.45) is 3.22. The van der Waals surface area contributed by atoms with Crippen molar-refractivity contribution in [2.24, 2.45) is 5.92 Å². The fraction of sp³-hybridized carbons (Fsp3) is 0.357. The molecule has 34 heavy (non-hydrogen) atoms. The van der Waals surface area contributed by atoms with Crippen LogP contribution in [-0.4, -0.2) is 13.2 Å².